The Morgan fingerprint density at radius 1 is 1.38 bits per heavy atom. The molecule has 0 aromatic carbocycles. The van der Waals surface area contributed by atoms with Crippen LogP contribution in [0.3, 0.4) is 0 Å². The molecule has 0 aromatic heterocycles. The van der Waals surface area contributed by atoms with Crippen LogP contribution in [0.25, 0.3) is 0 Å². The van der Waals surface area contributed by atoms with Gasteiger partial charge in [0, 0.05) is 0 Å². The van der Waals surface area contributed by atoms with Gasteiger partial charge >= 0.3 is 26.7 Å². The molecule has 8 heavy (non-hydrogen) atoms. The van der Waals surface area contributed by atoms with E-state index in [0.717, 1.165) is 0 Å². The van der Waals surface area contributed by atoms with Crippen LogP contribution in [0.5, 0.6) is 0 Å². The van der Waals surface area contributed by atoms with Gasteiger partial charge in [-0.3, -0.25) is 0 Å². The Morgan fingerprint density at radius 3 is 1.62 bits per heavy atom. The topological polar surface area (TPSA) is 55.8 Å². The Hall–Kier alpha value is 1.29. The van der Waals surface area contributed by atoms with Crippen LogP contribution < -0.4 is 0 Å². The summed E-state index contributed by atoms with van der Waals surface area (Å²) in [6.07, 6.45) is 0. The molecule has 0 aliphatic heterocycles. The summed E-state index contributed by atoms with van der Waals surface area (Å²) in [6.45, 7) is 0. The molecule has 4 nitrogen and oxygen atoms in total. The Morgan fingerprint density at radius 2 is 1.62 bits per heavy atom. The fourth-order valence-electron chi connectivity index (χ4n) is 0.0106. The quantitative estimate of drug-likeness (QED) is 0.497. The van der Waals surface area contributed by atoms with Crippen LogP contribution in [0.1, 0.15) is 0 Å². The summed E-state index contributed by atoms with van der Waals surface area (Å²) in [4.78, 5) is 7.98. The number of hydrogen-bond acceptors (Lipinski definition) is 3. The van der Waals surface area contributed by atoms with E-state index < -0.39 is 7.82 Å². The van der Waals surface area contributed by atoms with Crippen LogP contribution in [0.15, 0.2) is 0 Å². The van der Waals surface area contributed by atoms with E-state index in [1.54, 1.807) is 0 Å². The van der Waals surface area contributed by atoms with Crippen LogP contribution in [0.2, 0.25) is 0 Å². The minimum atomic E-state index is -4.12. The van der Waals surface area contributed by atoms with Crippen molar-refractivity contribution < 1.29 is 17.6 Å². The first-order valence-corrected chi connectivity index (χ1v) is 3.17. The summed E-state index contributed by atoms with van der Waals surface area (Å²) < 4.78 is 16.4. The van der Waals surface area contributed by atoms with Gasteiger partial charge in [-0.25, -0.2) is 4.57 Å². The normalized spacial score (nSPS) is 10.4. The van der Waals surface area contributed by atoms with Crippen LogP contribution in [0, 0.1) is 0 Å². The Kier molecular flexibility index (Phi) is 7.66. The average Bonchev–Trinajstić information content (AvgIpc) is 1.68. The maximum atomic E-state index is 9.80. The SMILES string of the molecule is O=P(O)(OCl)OCl.[LiH]. The zero-order valence-electron chi connectivity index (χ0n) is 2.88. The number of phosphoric acid groups is 1. The van der Waals surface area contributed by atoms with Crippen molar-refractivity contribution in [3.8, 4) is 0 Å². The molecule has 0 heterocycles. The molecular formula is H2Cl2LiO4P. The standard InChI is InChI=1S/Cl2HO4P.Li.H/c1-5-7(3,4)6-2;;/h(H,3,4);;. The summed E-state index contributed by atoms with van der Waals surface area (Å²) in [7, 11) is -4.12. The third kappa shape index (κ3) is 5.42. The molecule has 8 heteroatoms. The van der Waals surface area contributed by atoms with Crippen LogP contribution >= 0.6 is 31.6 Å². The van der Waals surface area contributed by atoms with E-state index in [0.29, 0.717) is 0 Å². The minimum absolute atomic E-state index is 0. The maximum absolute atomic E-state index is 9.80. The molecule has 1 N–H and O–H groups in total. The van der Waals surface area contributed by atoms with Crippen molar-refractivity contribution >= 4 is 50.4 Å². The van der Waals surface area contributed by atoms with Gasteiger partial charge in [0.15, 0.2) is 0 Å². The van der Waals surface area contributed by atoms with Crippen molar-refractivity contribution in [1.29, 1.82) is 0 Å². The van der Waals surface area contributed by atoms with Gasteiger partial charge in [-0.2, -0.15) is 8.15 Å². The van der Waals surface area contributed by atoms with E-state index in [2.05, 4.69) is 31.9 Å². The summed E-state index contributed by atoms with van der Waals surface area (Å²) in [5.74, 6) is 0. The molecule has 0 rings (SSSR count). The molecular weight excluding hydrogens is 173 g/mol. The van der Waals surface area contributed by atoms with Crippen molar-refractivity contribution in [2.24, 2.45) is 0 Å². The second-order valence-electron chi connectivity index (χ2n) is 0.607. The first-order valence-electron chi connectivity index (χ1n) is 1.06. The third-order valence-electron chi connectivity index (χ3n) is 0.174. The number of halogens is 2. The van der Waals surface area contributed by atoms with Gasteiger partial charge in [0.05, 0.1) is 23.7 Å². The molecule has 0 aromatic rings. The van der Waals surface area contributed by atoms with Crippen LogP contribution in [-0.2, 0) is 12.7 Å². The van der Waals surface area contributed by atoms with Crippen LogP contribution in [0.4, 0.5) is 0 Å². The summed E-state index contributed by atoms with van der Waals surface area (Å²) in [5.41, 5.74) is 0. The molecule has 0 amide bonds. The Bertz CT molecular complexity index is 86.0. The first-order chi connectivity index (χ1) is 3.12. The molecule has 0 saturated heterocycles. The Balaban J connectivity index is 0. The molecule has 0 bridgehead atoms. The van der Waals surface area contributed by atoms with Gasteiger partial charge in [-0.1, -0.05) is 0 Å². The second-order valence-corrected chi connectivity index (χ2v) is 2.65. The third-order valence-corrected chi connectivity index (χ3v) is 1.57. The van der Waals surface area contributed by atoms with E-state index in [4.69, 9.17) is 4.89 Å². The van der Waals surface area contributed by atoms with Crippen molar-refractivity contribution in [3.63, 3.8) is 0 Å². The van der Waals surface area contributed by atoms with Crippen molar-refractivity contribution in [1.82, 2.24) is 0 Å². The molecule has 0 aliphatic rings. The van der Waals surface area contributed by atoms with Gasteiger partial charge in [-0.15, -0.1) is 0 Å². The number of hydrogen-bond donors (Lipinski definition) is 1. The Labute approximate surface area is 68.2 Å². The van der Waals surface area contributed by atoms with Gasteiger partial charge in [-0.05, 0) is 0 Å². The van der Waals surface area contributed by atoms with E-state index in [9.17, 15) is 4.57 Å². The monoisotopic (exact) mass is 174 g/mol. The number of rotatable bonds is 2. The predicted octanol–water partition coefficient (Wildman–Crippen LogP) is 0.779. The van der Waals surface area contributed by atoms with E-state index in [-0.39, 0.29) is 18.9 Å². The summed E-state index contributed by atoms with van der Waals surface area (Å²) >= 11 is 8.74. The second kappa shape index (κ2) is 5.10. The molecule has 0 saturated carbocycles. The van der Waals surface area contributed by atoms with Gasteiger partial charge in [0.1, 0.15) is 0 Å². The fraction of sp³-hybridized carbons (Fsp3) is 0. The van der Waals surface area contributed by atoms with Crippen molar-refractivity contribution in [2.75, 3.05) is 0 Å². The van der Waals surface area contributed by atoms with Gasteiger partial charge < -0.3 is 4.89 Å². The molecule has 46 valence electrons. The zero-order chi connectivity index (χ0) is 5.91. The molecule has 0 spiro atoms. The molecule has 0 radical (unpaired) electrons. The molecule has 0 atom stereocenters. The van der Waals surface area contributed by atoms with E-state index >= 15 is 0 Å². The fourth-order valence-corrected chi connectivity index (χ4v) is 0.287. The van der Waals surface area contributed by atoms with Gasteiger partial charge in [0.2, 0.25) is 0 Å². The van der Waals surface area contributed by atoms with Crippen molar-refractivity contribution in [2.45, 2.75) is 0 Å². The average molecular weight is 175 g/mol. The molecule has 0 unspecified atom stereocenters. The summed E-state index contributed by atoms with van der Waals surface area (Å²) in [5, 5.41) is 0. The van der Waals surface area contributed by atoms with Crippen LogP contribution in [-0.4, -0.2) is 23.8 Å². The van der Waals surface area contributed by atoms with Crippen molar-refractivity contribution in [3.05, 3.63) is 0 Å². The van der Waals surface area contributed by atoms with E-state index in [1.807, 2.05) is 0 Å². The summed E-state index contributed by atoms with van der Waals surface area (Å²) in [6, 6.07) is 0. The van der Waals surface area contributed by atoms with E-state index in [1.165, 1.54) is 0 Å². The predicted molar refractivity (Wildman–Crippen MR) is 30.9 cm³/mol. The molecule has 0 aliphatic carbocycles. The molecule has 0 fully saturated rings. The zero-order valence-corrected chi connectivity index (χ0v) is 5.28. The van der Waals surface area contributed by atoms with Gasteiger partial charge in [0.25, 0.3) is 0 Å². The first kappa shape index (κ1) is 12.0.